The summed E-state index contributed by atoms with van der Waals surface area (Å²) in [5, 5.41) is 11.3. The van der Waals surface area contributed by atoms with Gasteiger partial charge in [0.1, 0.15) is 0 Å². The van der Waals surface area contributed by atoms with Gasteiger partial charge < -0.3 is 4.74 Å². The van der Waals surface area contributed by atoms with Crippen LogP contribution >= 0.6 is 0 Å². The number of nitro benzene ring substituents is 1. The van der Waals surface area contributed by atoms with Crippen molar-refractivity contribution in [2.75, 3.05) is 11.5 Å². The minimum atomic E-state index is -0.642. The highest BCUT2D eigenvalue weighted by Crippen LogP contribution is 2.36. The number of para-hydroxylation sites is 2. The number of nitrogens with zero attached hydrogens (tertiary/aromatic N) is 2. The van der Waals surface area contributed by atoms with Crippen LogP contribution in [0.1, 0.15) is 19.4 Å². The van der Waals surface area contributed by atoms with Gasteiger partial charge in [0, 0.05) is 17.5 Å². The van der Waals surface area contributed by atoms with Gasteiger partial charge in [-0.15, -0.1) is 0 Å². The second-order valence-corrected chi connectivity index (χ2v) is 6.03. The van der Waals surface area contributed by atoms with Gasteiger partial charge in [-0.05, 0) is 38.1 Å². The number of hydrogen-bond acceptors (Lipinski definition) is 5. The summed E-state index contributed by atoms with van der Waals surface area (Å²) in [6.45, 7) is 3.47. The van der Waals surface area contributed by atoms with Gasteiger partial charge in [0.25, 0.3) is 11.6 Å². The Kier molecular flexibility index (Phi) is 5.35. The number of benzene rings is 2. The van der Waals surface area contributed by atoms with Crippen LogP contribution in [0.5, 0.6) is 0 Å². The largest absolute Gasteiger partial charge is 0.462 e. The van der Waals surface area contributed by atoms with Gasteiger partial charge in [-0.1, -0.05) is 30.3 Å². The van der Waals surface area contributed by atoms with Gasteiger partial charge >= 0.3 is 5.97 Å². The molecule has 1 aliphatic heterocycles. The molecule has 2 aromatic carbocycles. The quantitative estimate of drug-likeness (QED) is 0.341. The van der Waals surface area contributed by atoms with Gasteiger partial charge in [0.05, 0.1) is 28.2 Å². The van der Waals surface area contributed by atoms with E-state index in [0.717, 1.165) is 0 Å². The van der Waals surface area contributed by atoms with Crippen molar-refractivity contribution in [2.45, 2.75) is 13.8 Å². The fourth-order valence-electron chi connectivity index (χ4n) is 3.10. The summed E-state index contributed by atoms with van der Waals surface area (Å²) >= 11 is 0. The molecule has 7 nitrogen and oxygen atoms in total. The predicted octanol–water partition coefficient (Wildman–Crippen LogP) is 3.86. The molecule has 0 N–H and O–H groups in total. The molecule has 1 heterocycles. The average Bonchev–Trinajstić information content (AvgIpc) is 2.93. The molecule has 1 aliphatic rings. The van der Waals surface area contributed by atoms with Gasteiger partial charge in [-0.25, -0.2) is 4.79 Å². The maximum absolute atomic E-state index is 13.2. The van der Waals surface area contributed by atoms with E-state index in [0.29, 0.717) is 11.4 Å². The Morgan fingerprint density at radius 3 is 2.43 bits per heavy atom. The number of hydrogen-bond donors (Lipinski definition) is 0. The molecule has 28 heavy (non-hydrogen) atoms. The molecular weight excluding hydrogens is 360 g/mol. The summed E-state index contributed by atoms with van der Waals surface area (Å²) in [6.07, 6.45) is 1.37. The molecule has 0 atom stereocenters. The number of nitro groups is 1. The van der Waals surface area contributed by atoms with Crippen LogP contribution in [-0.4, -0.2) is 23.4 Å². The highest BCUT2D eigenvalue weighted by Gasteiger charge is 2.38. The first-order chi connectivity index (χ1) is 13.5. The molecule has 0 fully saturated rings. The van der Waals surface area contributed by atoms with Crippen molar-refractivity contribution in [2.24, 2.45) is 0 Å². The highest BCUT2D eigenvalue weighted by molar-refractivity contribution is 6.24. The van der Waals surface area contributed by atoms with Gasteiger partial charge in [-0.3, -0.25) is 19.8 Å². The zero-order valence-corrected chi connectivity index (χ0v) is 15.4. The van der Waals surface area contributed by atoms with Crippen LogP contribution < -0.4 is 4.90 Å². The third-order valence-corrected chi connectivity index (χ3v) is 4.33. The third kappa shape index (κ3) is 3.42. The molecule has 7 heteroatoms. The molecule has 142 valence electrons. The molecule has 0 aliphatic carbocycles. The Morgan fingerprint density at radius 1 is 1.14 bits per heavy atom. The smallest absolute Gasteiger partial charge is 0.340 e. The maximum Gasteiger partial charge on any atom is 0.340 e. The second-order valence-electron chi connectivity index (χ2n) is 6.03. The van der Waals surface area contributed by atoms with Crippen LogP contribution in [0.2, 0.25) is 0 Å². The van der Waals surface area contributed by atoms with Crippen molar-refractivity contribution in [1.82, 2.24) is 0 Å². The second kappa shape index (κ2) is 7.87. The minimum absolute atomic E-state index is 0.0640. The van der Waals surface area contributed by atoms with Gasteiger partial charge in [0.15, 0.2) is 0 Å². The summed E-state index contributed by atoms with van der Waals surface area (Å²) in [4.78, 5) is 37.9. The first-order valence-corrected chi connectivity index (χ1v) is 8.68. The summed E-state index contributed by atoms with van der Waals surface area (Å²) in [6, 6.07) is 14.9. The van der Waals surface area contributed by atoms with Crippen molar-refractivity contribution < 1.29 is 19.2 Å². The standard InChI is InChI=1S/C21H18N2O5/c1-3-28-21(25)19-14(2)22(16-10-5-4-6-11-16)20(24)17(19)13-15-9-7-8-12-18(15)23(26)27/h4-13H,3H2,1-2H3/b17-13-. The molecular formula is C21H18N2O5. The molecule has 0 radical (unpaired) electrons. The Bertz CT molecular complexity index is 1010. The zero-order chi connectivity index (χ0) is 20.3. The highest BCUT2D eigenvalue weighted by atomic mass is 16.6. The normalized spacial score (nSPS) is 15.3. The van der Waals surface area contributed by atoms with Crippen LogP contribution in [-0.2, 0) is 14.3 Å². The Balaban J connectivity index is 2.18. The minimum Gasteiger partial charge on any atom is -0.462 e. The average molecular weight is 378 g/mol. The number of esters is 1. The first kappa shape index (κ1) is 19.0. The lowest BCUT2D eigenvalue weighted by Crippen LogP contribution is -2.24. The van der Waals surface area contributed by atoms with E-state index in [1.807, 2.05) is 6.07 Å². The fraction of sp³-hybridized carbons (Fsp3) is 0.143. The number of ether oxygens (including phenoxy) is 1. The topological polar surface area (TPSA) is 89.8 Å². The van der Waals surface area contributed by atoms with Crippen LogP contribution in [0, 0.1) is 10.1 Å². The van der Waals surface area contributed by atoms with Gasteiger partial charge in [-0.2, -0.15) is 0 Å². The van der Waals surface area contributed by atoms with Gasteiger partial charge in [0.2, 0.25) is 0 Å². The van der Waals surface area contributed by atoms with E-state index in [4.69, 9.17) is 4.74 Å². The molecule has 0 aromatic heterocycles. The third-order valence-electron chi connectivity index (χ3n) is 4.33. The van der Waals surface area contributed by atoms with Crippen molar-refractivity contribution in [3.8, 4) is 0 Å². The molecule has 0 bridgehead atoms. The van der Waals surface area contributed by atoms with E-state index < -0.39 is 16.8 Å². The fourth-order valence-corrected chi connectivity index (χ4v) is 3.10. The number of carbonyl (C=O) groups is 2. The van der Waals surface area contributed by atoms with E-state index in [2.05, 4.69) is 0 Å². The van der Waals surface area contributed by atoms with E-state index in [-0.39, 0.29) is 29.0 Å². The molecule has 0 saturated heterocycles. The van der Waals surface area contributed by atoms with Crippen LogP contribution in [0.4, 0.5) is 11.4 Å². The van der Waals surface area contributed by atoms with E-state index in [1.54, 1.807) is 50.2 Å². The summed E-state index contributed by atoms with van der Waals surface area (Å²) in [7, 11) is 0. The maximum atomic E-state index is 13.2. The molecule has 0 unspecified atom stereocenters. The van der Waals surface area contributed by atoms with Crippen LogP contribution in [0.3, 0.4) is 0 Å². The lowest BCUT2D eigenvalue weighted by atomic mass is 10.0. The van der Waals surface area contributed by atoms with Crippen molar-refractivity contribution in [3.63, 3.8) is 0 Å². The summed E-state index contributed by atoms with van der Waals surface area (Å²) < 4.78 is 5.12. The Hall–Kier alpha value is -3.74. The molecule has 2 aromatic rings. The first-order valence-electron chi connectivity index (χ1n) is 8.68. The molecule has 1 amide bonds. The number of anilines is 1. The monoisotopic (exact) mass is 378 g/mol. The number of allylic oxidation sites excluding steroid dienone is 1. The molecule has 0 saturated carbocycles. The SMILES string of the molecule is CCOC(=O)C1=C(C)N(c2ccccc2)C(=O)/C1=C\c1ccccc1[N+](=O)[O-]. The molecule has 0 spiro atoms. The number of carbonyl (C=O) groups excluding carboxylic acids is 2. The van der Waals surface area contributed by atoms with Crippen molar-refractivity contribution >= 4 is 29.3 Å². The van der Waals surface area contributed by atoms with E-state index in [1.165, 1.54) is 23.1 Å². The Morgan fingerprint density at radius 2 is 1.79 bits per heavy atom. The summed E-state index contributed by atoms with van der Waals surface area (Å²) in [5.41, 5.74) is 1.27. The zero-order valence-electron chi connectivity index (χ0n) is 15.4. The molecule has 3 rings (SSSR count). The van der Waals surface area contributed by atoms with Crippen molar-refractivity contribution in [1.29, 1.82) is 0 Å². The van der Waals surface area contributed by atoms with Crippen molar-refractivity contribution in [3.05, 3.63) is 87.1 Å². The lowest BCUT2D eigenvalue weighted by Gasteiger charge is -2.17. The predicted molar refractivity (Wildman–Crippen MR) is 104 cm³/mol. The van der Waals surface area contributed by atoms with Crippen LogP contribution in [0.15, 0.2) is 71.4 Å². The number of amides is 1. The van der Waals surface area contributed by atoms with E-state index >= 15 is 0 Å². The Labute approximate surface area is 161 Å². The van der Waals surface area contributed by atoms with Crippen LogP contribution in [0.25, 0.3) is 6.08 Å². The van der Waals surface area contributed by atoms with E-state index in [9.17, 15) is 19.7 Å². The lowest BCUT2D eigenvalue weighted by molar-refractivity contribution is -0.385. The summed E-state index contributed by atoms with van der Waals surface area (Å²) in [5.74, 6) is -1.08. The number of rotatable bonds is 5.